The van der Waals surface area contributed by atoms with E-state index in [1.165, 1.54) is 24.2 Å². The molecule has 0 radical (unpaired) electrons. The zero-order valence-electron chi connectivity index (χ0n) is 10.8. The van der Waals surface area contributed by atoms with Crippen LogP contribution in [0.25, 0.3) is 0 Å². The predicted octanol–water partition coefficient (Wildman–Crippen LogP) is 1.21. The van der Waals surface area contributed by atoms with Crippen molar-refractivity contribution in [1.29, 1.82) is 0 Å². The molecule has 0 saturated carbocycles. The standard InChI is InChI=1S/C12H14F3N3O2/c1-16-11(19)9-6-8(2-3-17-9)18-4-5-20-10(7-18)12(13,14)15/h2-3,6,10H,4-5,7H2,1H3,(H,16,19). The van der Waals surface area contributed by atoms with Gasteiger partial charge in [0.05, 0.1) is 13.2 Å². The van der Waals surface area contributed by atoms with Crippen LogP contribution in [-0.2, 0) is 4.74 Å². The summed E-state index contributed by atoms with van der Waals surface area (Å²) in [5, 5.41) is 2.42. The van der Waals surface area contributed by atoms with E-state index < -0.39 is 12.3 Å². The number of amides is 1. The third-order valence-corrected chi connectivity index (χ3v) is 3.00. The van der Waals surface area contributed by atoms with Gasteiger partial charge in [0.1, 0.15) is 5.69 Å². The maximum absolute atomic E-state index is 12.7. The van der Waals surface area contributed by atoms with E-state index in [9.17, 15) is 18.0 Å². The van der Waals surface area contributed by atoms with Crippen LogP contribution in [0.1, 0.15) is 10.5 Å². The summed E-state index contributed by atoms with van der Waals surface area (Å²) < 4.78 is 42.7. The SMILES string of the molecule is CNC(=O)c1cc(N2CCOC(C(F)(F)F)C2)ccn1. The molecule has 1 saturated heterocycles. The molecular weight excluding hydrogens is 275 g/mol. The van der Waals surface area contributed by atoms with Crippen LogP contribution in [0.15, 0.2) is 18.3 Å². The number of aromatic nitrogens is 1. The number of ether oxygens (including phenoxy) is 1. The molecule has 1 aromatic rings. The molecule has 8 heteroatoms. The third kappa shape index (κ3) is 3.19. The Bertz CT molecular complexity index is 493. The van der Waals surface area contributed by atoms with Crippen LogP contribution >= 0.6 is 0 Å². The van der Waals surface area contributed by atoms with Crippen LogP contribution in [0.5, 0.6) is 0 Å². The highest BCUT2D eigenvalue weighted by Gasteiger charge is 2.43. The minimum Gasteiger partial charge on any atom is -0.366 e. The molecule has 1 atom stereocenters. The molecule has 1 amide bonds. The van der Waals surface area contributed by atoms with Gasteiger partial charge in [-0.1, -0.05) is 0 Å². The van der Waals surface area contributed by atoms with Gasteiger partial charge in [0, 0.05) is 25.5 Å². The van der Waals surface area contributed by atoms with Crippen LogP contribution in [-0.4, -0.2) is 49.9 Å². The Hall–Kier alpha value is -1.83. The first-order chi connectivity index (χ1) is 9.41. The largest absolute Gasteiger partial charge is 0.416 e. The molecule has 1 unspecified atom stereocenters. The molecule has 2 heterocycles. The lowest BCUT2D eigenvalue weighted by Crippen LogP contribution is -2.49. The second-order valence-corrected chi connectivity index (χ2v) is 4.33. The number of rotatable bonds is 2. The molecule has 0 spiro atoms. The molecule has 1 N–H and O–H groups in total. The molecule has 1 aliphatic heterocycles. The Labute approximate surface area is 113 Å². The van der Waals surface area contributed by atoms with Crippen molar-refractivity contribution in [3.05, 3.63) is 24.0 Å². The minimum absolute atomic E-state index is 0.0121. The van der Waals surface area contributed by atoms with Crippen LogP contribution in [0.3, 0.4) is 0 Å². The van der Waals surface area contributed by atoms with Crippen LogP contribution in [0.2, 0.25) is 0 Å². The van der Waals surface area contributed by atoms with E-state index >= 15 is 0 Å². The van der Waals surface area contributed by atoms with Crippen LogP contribution in [0.4, 0.5) is 18.9 Å². The quantitative estimate of drug-likeness (QED) is 0.889. The van der Waals surface area contributed by atoms with E-state index in [-0.39, 0.29) is 24.8 Å². The average molecular weight is 289 g/mol. The van der Waals surface area contributed by atoms with Crippen molar-refractivity contribution in [3.8, 4) is 0 Å². The molecular formula is C12H14F3N3O2. The predicted molar refractivity (Wildman–Crippen MR) is 65.6 cm³/mol. The summed E-state index contributed by atoms with van der Waals surface area (Å²) in [6.07, 6.45) is -4.80. The zero-order chi connectivity index (χ0) is 14.8. The average Bonchev–Trinajstić information content (AvgIpc) is 2.46. The molecule has 0 aromatic carbocycles. The highest BCUT2D eigenvalue weighted by molar-refractivity contribution is 5.92. The van der Waals surface area contributed by atoms with Crippen molar-refractivity contribution < 1.29 is 22.7 Å². The Balaban J connectivity index is 2.17. The fourth-order valence-electron chi connectivity index (χ4n) is 1.95. The first-order valence-electron chi connectivity index (χ1n) is 6.03. The Morgan fingerprint density at radius 1 is 1.55 bits per heavy atom. The van der Waals surface area contributed by atoms with Gasteiger partial charge < -0.3 is 15.0 Å². The van der Waals surface area contributed by atoms with E-state index in [0.29, 0.717) is 12.2 Å². The molecule has 5 nitrogen and oxygen atoms in total. The number of morpholine rings is 1. The number of carbonyl (C=O) groups excluding carboxylic acids is 1. The summed E-state index contributed by atoms with van der Waals surface area (Å²) in [7, 11) is 1.46. The zero-order valence-corrected chi connectivity index (χ0v) is 10.8. The van der Waals surface area contributed by atoms with Gasteiger partial charge in [-0.05, 0) is 12.1 Å². The first-order valence-corrected chi connectivity index (χ1v) is 6.03. The van der Waals surface area contributed by atoms with Gasteiger partial charge in [-0.3, -0.25) is 9.78 Å². The number of hydrogen-bond donors (Lipinski definition) is 1. The van der Waals surface area contributed by atoms with Crippen molar-refractivity contribution in [3.63, 3.8) is 0 Å². The van der Waals surface area contributed by atoms with E-state index in [1.807, 2.05) is 0 Å². The number of nitrogens with one attached hydrogen (secondary N) is 1. The molecule has 1 aromatic heterocycles. The molecule has 0 bridgehead atoms. The third-order valence-electron chi connectivity index (χ3n) is 3.00. The van der Waals surface area contributed by atoms with Gasteiger partial charge in [-0.2, -0.15) is 13.2 Å². The summed E-state index contributed by atoms with van der Waals surface area (Å²) in [6.45, 7) is 0.0340. The summed E-state index contributed by atoms with van der Waals surface area (Å²) >= 11 is 0. The van der Waals surface area contributed by atoms with Gasteiger partial charge >= 0.3 is 6.18 Å². The number of carbonyl (C=O) groups is 1. The first kappa shape index (κ1) is 14.6. The van der Waals surface area contributed by atoms with E-state index in [4.69, 9.17) is 4.74 Å². The van der Waals surface area contributed by atoms with Crippen molar-refractivity contribution in [2.75, 3.05) is 31.6 Å². The smallest absolute Gasteiger partial charge is 0.366 e. The van der Waals surface area contributed by atoms with Crippen molar-refractivity contribution >= 4 is 11.6 Å². The van der Waals surface area contributed by atoms with Crippen molar-refractivity contribution in [1.82, 2.24) is 10.3 Å². The Morgan fingerprint density at radius 2 is 2.30 bits per heavy atom. The summed E-state index contributed by atoms with van der Waals surface area (Å²) in [5.41, 5.74) is 0.691. The number of alkyl halides is 3. The number of hydrogen-bond acceptors (Lipinski definition) is 4. The molecule has 2 rings (SSSR count). The maximum Gasteiger partial charge on any atom is 0.416 e. The number of nitrogens with zero attached hydrogens (tertiary/aromatic N) is 2. The summed E-state index contributed by atoms with van der Waals surface area (Å²) in [6, 6.07) is 3.04. The second-order valence-electron chi connectivity index (χ2n) is 4.33. The summed E-state index contributed by atoms with van der Waals surface area (Å²) in [5.74, 6) is -0.382. The normalized spacial score (nSPS) is 19.8. The molecule has 0 aliphatic carbocycles. The molecule has 1 fully saturated rings. The lowest BCUT2D eigenvalue weighted by molar-refractivity contribution is -0.221. The lowest BCUT2D eigenvalue weighted by atomic mass is 10.2. The van der Waals surface area contributed by atoms with E-state index in [0.717, 1.165) is 0 Å². The highest BCUT2D eigenvalue weighted by Crippen LogP contribution is 2.28. The lowest BCUT2D eigenvalue weighted by Gasteiger charge is -2.35. The fraction of sp³-hybridized carbons (Fsp3) is 0.500. The minimum atomic E-state index is -4.39. The molecule has 1 aliphatic rings. The topological polar surface area (TPSA) is 54.5 Å². The highest BCUT2D eigenvalue weighted by atomic mass is 19.4. The van der Waals surface area contributed by atoms with Gasteiger partial charge in [0.15, 0.2) is 6.10 Å². The van der Waals surface area contributed by atoms with Gasteiger partial charge in [-0.15, -0.1) is 0 Å². The Kier molecular flexibility index (Phi) is 4.12. The molecule has 20 heavy (non-hydrogen) atoms. The number of halogens is 3. The van der Waals surface area contributed by atoms with Gasteiger partial charge in [0.2, 0.25) is 0 Å². The number of anilines is 1. The molecule has 110 valence electrons. The van der Waals surface area contributed by atoms with E-state index in [1.54, 1.807) is 6.07 Å². The van der Waals surface area contributed by atoms with Gasteiger partial charge in [0.25, 0.3) is 5.91 Å². The summed E-state index contributed by atoms with van der Waals surface area (Å²) in [4.78, 5) is 16.9. The number of pyridine rings is 1. The van der Waals surface area contributed by atoms with Crippen LogP contribution < -0.4 is 10.2 Å². The Morgan fingerprint density at radius 3 is 2.95 bits per heavy atom. The van der Waals surface area contributed by atoms with Crippen molar-refractivity contribution in [2.24, 2.45) is 0 Å². The van der Waals surface area contributed by atoms with E-state index in [2.05, 4.69) is 10.3 Å². The maximum atomic E-state index is 12.7. The monoisotopic (exact) mass is 289 g/mol. The fourth-order valence-corrected chi connectivity index (χ4v) is 1.95. The van der Waals surface area contributed by atoms with Crippen LogP contribution in [0, 0.1) is 0 Å². The van der Waals surface area contributed by atoms with Crippen molar-refractivity contribution in [2.45, 2.75) is 12.3 Å². The second kappa shape index (κ2) is 5.66. The van der Waals surface area contributed by atoms with Gasteiger partial charge in [-0.25, -0.2) is 0 Å².